The van der Waals surface area contributed by atoms with Gasteiger partial charge in [0.2, 0.25) is 0 Å². The third-order valence-electron chi connectivity index (χ3n) is 3.52. The molecular weight excluding hydrogens is 260 g/mol. The van der Waals surface area contributed by atoms with Crippen LogP contribution in [0.3, 0.4) is 0 Å². The van der Waals surface area contributed by atoms with E-state index < -0.39 is 0 Å². The molecule has 3 nitrogen and oxygen atoms in total. The average Bonchev–Trinajstić information content (AvgIpc) is 3.16. The van der Waals surface area contributed by atoms with Gasteiger partial charge in [-0.15, -0.1) is 0 Å². The van der Waals surface area contributed by atoms with E-state index in [0.717, 1.165) is 31.5 Å². The van der Waals surface area contributed by atoms with Crippen LogP contribution in [0.25, 0.3) is 0 Å². The second-order valence-corrected chi connectivity index (χ2v) is 5.58. The molecule has 1 aromatic rings. The summed E-state index contributed by atoms with van der Waals surface area (Å²) in [6.45, 7) is 4.41. The molecule has 0 saturated heterocycles. The number of halogens is 1. The number of nitrogens with zero attached hydrogens (tertiary/aromatic N) is 1. The summed E-state index contributed by atoms with van der Waals surface area (Å²) in [5.41, 5.74) is 1.23. The molecule has 1 aliphatic rings. The Balaban J connectivity index is 1.92. The summed E-state index contributed by atoms with van der Waals surface area (Å²) in [6, 6.07) is 8.10. The van der Waals surface area contributed by atoms with Crippen LogP contribution in [-0.4, -0.2) is 13.2 Å². The zero-order chi connectivity index (χ0) is 13.7. The standard InChI is InChI=1S/C15H19ClN2O/c1-2-18-10-12-3-4-14(13(16)9-12)19-11-15(5-6-15)7-8-17/h3-4,9,18H,2,5-7,10-11H2,1H3. The molecule has 0 spiro atoms. The molecule has 0 radical (unpaired) electrons. The van der Waals surface area contributed by atoms with E-state index in [1.54, 1.807) is 0 Å². The zero-order valence-corrected chi connectivity index (χ0v) is 12.0. The smallest absolute Gasteiger partial charge is 0.137 e. The molecule has 0 amide bonds. The van der Waals surface area contributed by atoms with Gasteiger partial charge >= 0.3 is 0 Å². The summed E-state index contributed by atoms with van der Waals surface area (Å²) >= 11 is 6.22. The van der Waals surface area contributed by atoms with E-state index in [-0.39, 0.29) is 5.41 Å². The van der Waals surface area contributed by atoms with Crippen molar-refractivity contribution in [3.8, 4) is 11.8 Å². The van der Waals surface area contributed by atoms with Crippen LogP contribution in [-0.2, 0) is 6.54 Å². The SMILES string of the molecule is CCNCc1ccc(OCC2(CC#N)CC2)c(Cl)c1. The van der Waals surface area contributed by atoms with Crippen molar-refractivity contribution in [2.24, 2.45) is 5.41 Å². The van der Waals surface area contributed by atoms with Gasteiger partial charge in [0.1, 0.15) is 5.75 Å². The Labute approximate surface area is 119 Å². The highest BCUT2D eigenvalue weighted by atomic mass is 35.5. The lowest BCUT2D eigenvalue weighted by atomic mass is 10.1. The second-order valence-electron chi connectivity index (χ2n) is 5.17. The van der Waals surface area contributed by atoms with Gasteiger partial charge < -0.3 is 10.1 Å². The maximum atomic E-state index is 8.77. The first-order chi connectivity index (χ1) is 9.19. The van der Waals surface area contributed by atoms with Crippen molar-refractivity contribution in [3.05, 3.63) is 28.8 Å². The monoisotopic (exact) mass is 278 g/mol. The fourth-order valence-corrected chi connectivity index (χ4v) is 2.25. The van der Waals surface area contributed by atoms with Crippen molar-refractivity contribution in [1.82, 2.24) is 5.32 Å². The van der Waals surface area contributed by atoms with Gasteiger partial charge in [0, 0.05) is 18.4 Å². The third-order valence-corrected chi connectivity index (χ3v) is 3.82. The summed E-state index contributed by atoms with van der Waals surface area (Å²) in [7, 11) is 0. The second kappa shape index (κ2) is 6.27. The highest BCUT2D eigenvalue weighted by Crippen LogP contribution is 2.49. The Morgan fingerprint density at radius 2 is 2.26 bits per heavy atom. The largest absolute Gasteiger partial charge is 0.491 e. The highest BCUT2D eigenvalue weighted by molar-refractivity contribution is 6.32. The first-order valence-corrected chi connectivity index (χ1v) is 7.06. The molecule has 1 aromatic carbocycles. The molecule has 0 atom stereocenters. The van der Waals surface area contributed by atoms with Crippen molar-refractivity contribution >= 4 is 11.6 Å². The van der Waals surface area contributed by atoms with E-state index in [1.165, 1.54) is 0 Å². The summed E-state index contributed by atoms with van der Waals surface area (Å²) in [6.07, 6.45) is 2.73. The Kier molecular flexibility index (Phi) is 4.68. The maximum absolute atomic E-state index is 8.77. The molecule has 0 aliphatic heterocycles. The summed E-state index contributed by atoms with van der Waals surface area (Å²) in [4.78, 5) is 0. The minimum Gasteiger partial charge on any atom is -0.491 e. The van der Waals surface area contributed by atoms with Gasteiger partial charge in [-0.1, -0.05) is 24.6 Å². The van der Waals surface area contributed by atoms with Crippen LogP contribution in [0, 0.1) is 16.7 Å². The number of hydrogen-bond donors (Lipinski definition) is 1. The number of ether oxygens (including phenoxy) is 1. The van der Waals surface area contributed by atoms with Gasteiger partial charge in [0.25, 0.3) is 0 Å². The van der Waals surface area contributed by atoms with E-state index >= 15 is 0 Å². The zero-order valence-electron chi connectivity index (χ0n) is 11.2. The average molecular weight is 279 g/mol. The summed E-state index contributed by atoms with van der Waals surface area (Å²) in [5, 5.41) is 12.7. The lowest BCUT2D eigenvalue weighted by Crippen LogP contribution is -2.13. The number of nitrogens with one attached hydrogen (secondary N) is 1. The molecule has 1 saturated carbocycles. The molecule has 19 heavy (non-hydrogen) atoms. The first kappa shape index (κ1) is 14.2. The van der Waals surface area contributed by atoms with Gasteiger partial charge in [-0.25, -0.2) is 0 Å². The highest BCUT2D eigenvalue weighted by Gasteiger charge is 2.43. The van der Waals surface area contributed by atoms with Gasteiger partial charge in [-0.05, 0) is 37.1 Å². The van der Waals surface area contributed by atoms with Crippen LogP contribution in [0.4, 0.5) is 0 Å². The van der Waals surface area contributed by atoms with Crippen molar-refractivity contribution < 1.29 is 4.74 Å². The molecule has 1 aliphatic carbocycles. The van der Waals surface area contributed by atoms with Crippen molar-refractivity contribution in [2.75, 3.05) is 13.2 Å². The van der Waals surface area contributed by atoms with Crippen LogP contribution in [0.15, 0.2) is 18.2 Å². The van der Waals surface area contributed by atoms with Crippen molar-refractivity contribution in [2.45, 2.75) is 32.7 Å². The predicted octanol–water partition coefficient (Wildman–Crippen LogP) is 3.52. The Morgan fingerprint density at radius 3 is 2.84 bits per heavy atom. The topological polar surface area (TPSA) is 45.0 Å². The number of hydrogen-bond acceptors (Lipinski definition) is 3. The van der Waals surface area contributed by atoms with Crippen LogP contribution in [0.2, 0.25) is 5.02 Å². The molecular formula is C15H19ClN2O. The fourth-order valence-electron chi connectivity index (χ4n) is 1.99. The molecule has 2 rings (SSSR count). The van der Waals surface area contributed by atoms with Gasteiger partial charge in [-0.3, -0.25) is 0 Å². The van der Waals surface area contributed by atoms with E-state index in [2.05, 4.69) is 18.3 Å². The quantitative estimate of drug-likeness (QED) is 0.830. The number of nitriles is 1. The van der Waals surface area contributed by atoms with Crippen LogP contribution < -0.4 is 10.1 Å². The van der Waals surface area contributed by atoms with Crippen LogP contribution in [0.1, 0.15) is 31.7 Å². The molecule has 0 aromatic heterocycles. The molecule has 1 fully saturated rings. The van der Waals surface area contributed by atoms with Crippen LogP contribution in [0.5, 0.6) is 5.75 Å². The Morgan fingerprint density at radius 1 is 1.47 bits per heavy atom. The van der Waals surface area contributed by atoms with Crippen molar-refractivity contribution in [3.63, 3.8) is 0 Å². The van der Waals surface area contributed by atoms with E-state index in [1.807, 2.05) is 18.2 Å². The lowest BCUT2D eigenvalue weighted by Gasteiger charge is -2.14. The maximum Gasteiger partial charge on any atom is 0.137 e. The van der Waals surface area contributed by atoms with Gasteiger partial charge in [-0.2, -0.15) is 5.26 Å². The van der Waals surface area contributed by atoms with E-state index in [9.17, 15) is 0 Å². The molecule has 0 heterocycles. The molecule has 4 heteroatoms. The minimum atomic E-state index is 0.0838. The molecule has 102 valence electrons. The molecule has 0 bridgehead atoms. The third kappa shape index (κ3) is 3.86. The van der Waals surface area contributed by atoms with E-state index in [4.69, 9.17) is 21.6 Å². The number of rotatable bonds is 7. The van der Waals surface area contributed by atoms with Crippen LogP contribution >= 0.6 is 11.6 Å². The minimum absolute atomic E-state index is 0.0838. The normalized spacial score (nSPS) is 15.8. The predicted molar refractivity (Wildman–Crippen MR) is 76.2 cm³/mol. The Bertz CT molecular complexity index is 478. The van der Waals surface area contributed by atoms with E-state index in [0.29, 0.717) is 23.8 Å². The van der Waals surface area contributed by atoms with Gasteiger partial charge in [0.05, 0.1) is 17.7 Å². The fraction of sp³-hybridized carbons (Fsp3) is 0.533. The van der Waals surface area contributed by atoms with Gasteiger partial charge in [0.15, 0.2) is 0 Å². The Hall–Kier alpha value is -1.24. The summed E-state index contributed by atoms with van der Waals surface area (Å²) < 4.78 is 5.77. The number of benzene rings is 1. The summed E-state index contributed by atoms with van der Waals surface area (Å²) in [5.74, 6) is 0.714. The molecule has 0 unspecified atom stereocenters. The lowest BCUT2D eigenvalue weighted by molar-refractivity contribution is 0.237. The molecule has 1 N–H and O–H groups in total. The van der Waals surface area contributed by atoms with Crippen molar-refractivity contribution in [1.29, 1.82) is 5.26 Å². The first-order valence-electron chi connectivity index (χ1n) is 6.68.